The van der Waals surface area contributed by atoms with Crippen LogP contribution in [0.5, 0.6) is 0 Å². The molecule has 2 fully saturated rings. The van der Waals surface area contributed by atoms with Crippen molar-refractivity contribution in [3.8, 4) is 23.2 Å². The van der Waals surface area contributed by atoms with Gasteiger partial charge in [-0.15, -0.1) is 23.7 Å². The number of fused-ring (bicyclic) bond motifs is 1. The molecule has 0 unspecified atom stereocenters. The maximum atomic E-state index is 11.8. The van der Waals surface area contributed by atoms with Crippen LogP contribution in [0.15, 0.2) is 11.6 Å². The average molecular weight is 465 g/mol. The average Bonchev–Trinajstić information content (AvgIpc) is 3.41. The van der Waals surface area contributed by atoms with Crippen molar-refractivity contribution in [1.82, 2.24) is 24.5 Å². The summed E-state index contributed by atoms with van der Waals surface area (Å²) in [5.41, 5.74) is 1.16. The molecule has 3 aromatic rings. The van der Waals surface area contributed by atoms with Crippen LogP contribution in [0.25, 0.3) is 22.0 Å². The highest BCUT2D eigenvalue weighted by Gasteiger charge is 2.29. The molecule has 0 bridgehead atoms. The van der Waals surface area contributed by atoms with Crippen LogP contribution in [-0.4, -0.2) is 41.6 Å². The number of nitrogens with zero attached hydrogens (tertiary/aromatic N) is 5. The van der Waals surface area contributed by atoms with Crippen LogP contribution in [0.3, 0.4) is 0 Å². The van der Waals surface area contributed by atoms with Crippen LogP contribution in [0.1, 0.15) is 62.5 Å². The minimum absolute atomic E-state index is 0.191. The monoisotopic (exact) mass is 464 g/mol. The number of anilines is 1. The number of carbonyl (C=O) groups is 1. The molecule has 5 rings (SSSR count). The van der Waals surface area contributed by atoms with Crippen molar-refractivity contribution >= 4 is 34.3 Å². The third-order valence-electron chi connectivity index (χ3n) is 7.16. The summed E-state index contributed by atoms with van der Waals surface area (Å²) in [5, 5.41) is 15.9. The number of imidazole rings is 1. The second-order valence-corrected chi connectivity index (χ2v) is 10.2. The van der Waals surface area contributed by atoms with E-state index in [4.69, 9.17) is 11.4 Å². The lowest BCUT2D eigenvalue weighted by molar-refractivity contribution is 0.0684. The Kier molecular flexibility index (Phi) is 6.02. The first kappa shape index (κ1) is 21.8. The molecular weight excluding hydrogens is 436 g/mol. The number of carboxylic acid groups (broad SMARTS) is 1. The second kappa shape index (κ2) is 9.10. The Morgan fingerprint density at radius 2 is 2.06 bits per heavy atom. The summed E-state index contributed by atoms with van der Waals surface area (Å²) in [6.07, 6.45) is 15.2. The Morgan fingerprint density at radius 1 is 1.27 bits per heavy atom. The summed E-state index contributed by atoms with van der Waals surface area (Å²) < 4.78 is 2.15. The maximum Gasteiger partial charge on any atom is 0.374 e. The van der Waals surface area contributed by atoms with E-state index in [9.17, 15) is 9.90 Å². The first-order valence-corrected chi connectivity index (χ1v) is 12.6. The number of aromatic nitrogens is 5. The minimum Gasteiger partial charge on any atom is -0.475 e. The van der Waals surface area contributed by atoms with E-state index >= 15 is 0 Å². The second-order valence-electron chi connectivity index (χ2n) is 9.26. The van der Waals surface area contributed by atoms with Crippen molar-refractivity contribution < 1.29 is 9.90 Å². The number of aromatic carboxylic acids is 1. The van der Waals surface area contributed by atoms with E-state index in [-0.39, 0.29) is 11.9 Å². The molecule has 9 heteroatoms. The fourth-order valence-electron chi connectivity index (χ4n) is 4.95. The molecule has 0 aliphatic heterocycles. The summed E-state index contributed by atoms with van der Waals surface area (Å²) in [7, 11) is 0. The summed E-state index contributed by atoms with van der Waals surface area (Å²) in [4.78, 5) is 29.7. The molecule has 1 atom stereocenters. The van der Waals surface area contributed by atoms with E-state index < -0.39 is 5.97 Å². The molecule has 2 aliphatic rings. The lowest BCUT2D eigenvalue weighted by Gasteiger charge is -2.32. The molecular formula is C24H28N6O2S. The van der Waals surface area contributed by atoms with Crippen LogP contribution in [0.2, 0.25) is 0 Å². The Bertz CT molecular complexity index is 1190. The topological polar surface area (TPSA) is 106 Å². The van der Waals surface area contributed by atoms with Crippen molar-refractivity contribution in [1.29, 1.82) is 0 Å². The molecule has 0 radical (unpaired) electrons. The predicted octanol–water partition coefficient (Wildman–Crippen LogP) is 4.69. The van der Waals surface area contributed by atoms with E-state index in [1.54, 1.807) is 6.20 Å². The van der Waals surface area contributed by atoms with Crippen molar-refractivity contribution in [2.24, 2.45) is 17.8 Å². The van der Waals surface area contributed by atoms with Gasteiger partial charge in [-0.3, -0.25) is 0 Å². The number of hydrogen-bond donors (Lipinski definition) is 2. The van der Waals surface area contributed by atoms with Gasteiger partial charge in [-0.05, 0) is 57.3 Å². The van der Waals surface area contributed by atoms with E-state index in [2.05, 4.69) is 37.7 Å². The lowest BCUT2D eigenvalue weighted by Crippen LogP contribution is -2.31. The van der Waals surface area contributed by atoms with E-state index in [0.717, 1.165) is 48.6 Å². The first-order valence-electron chi connectivity index (χ1n) is 11.7. The van der Waals surface area contributed by atoms with Gasteiger partial charge >= 0.3 is 5.97 Å². The summed E-state index contributed by atoms with van der Waals surface area (Å²) in [6, 6.07) is 0.191. The van der Waals surface area contributed by atoms with Crippen LogP contribution >= 0.6 is 11.3 Å². The van der Waals surface area contributed by atoms with Gasteiger partial charge in [-0.1, -0.05) is 6.42 Å². The highest BCUT2D eigenvalue weighted by atomic mass is 32.1. The molecule has 172 valence electrons. The summed E-state index contributed by atoms with van der Waals surface area (Å²) in [5.74, 6) is 4.16. The molecule has 0 saturated heterocycles. The summed E-state index contributed by atoms with van der Waals surface area (Å²) in [6.45, 7) is 2.90. The van der Waals surface area contributed by atoms with E-state index in [0.29, 0.717) is 29.2 Å². The summed E-state index contributed by atoms with van der Waals surface area (Å²) >= 11 is 1.51. The Hall–Kier alpha value is -2.99. The van der Waals surface area contributed by atoms with Crippen LogP contribution < -0.4 is 5.32 Å². The SMILES string of the molecule is C#CC1CCC(Cn2c(-c3nccs3)nc3nc(C(=O)O)nc(N[C@H](C)C4CCC4)c32)CC1. The van der Waals surface area contributed by atoms with Gasteiger partial charge in [0, 0.05) is 30.1 Å². The van der Waals surface area contributed by atoms with Crippen LogP contribution in [0, 0.1) is 30.1 Å². The molecule has 8 nitrogen and oxygen atoms in total. The molecule has 2 aliphatic carbocycles. The van der Waals surface area contributed by atoms with Gasteiger partial charge in [0.15, 0.2) is 22.3 Å². The lowest BCUT2D eigenvalue weighted by atomic mass is 9.80. The Morgan fingerprint density at radius 3 is 2.67 bits per heavy atom. The van der Waals surface area contributed by atoms with E-state index in [1.165, 1.54) is 30.6 Å². The number of thiazole rings is 1. The highest BCUT2D eigenvalue weighted by Crippen LogP contribution is 2.36. The molecule has 0 aromatic carbocycles. The third kappa shape index (κ3) is 4.32. The number of rotatable bonds is 7. The third-order valence-corrected chi connectivity index (χ3v) is 7.93. The van der Waals surface area contributed by atoms with Gasteiger partial charge in [-0.2, -0.15) is 0 Å². The molecule has 33 heavy (non-hydrogen) atoms. The van der Waals surface area contributed by atoms with Crippen molar-refractivity contribution in [3.05, 3.63) is 17.4 Å². The molecule has 2 N–H and O–H groups in total. The standard InChI is InChI=1S/C24H28N6O2S/c1-3-15-7-9-16(10-8-15)13-30-18-19(26-14(2)17-5-4-6-17)27-21(24(31)32)28-20(18)29-22(30)23-25-11-12-33-23/h1,11-12,14-17H,4-10,13H2,2H3,(H,31,32)(H,26,27,28)/t14-,15?,16?/m1/s1. The number of nitrogens with one attached hydrogen (secondary N) is 1. The molecule has 3 heterocycles. The number of hydrogen-bond acceptors (Lipinski definition) is 7. The van der Waals surface area contributed by atoms with Gasteiger partial charge < -0.3 is 15.0 Å². The van der Waals surface area contributed by atoms with Crippen molar-refractivity contribution in [2.75, 3.05) is 5.32 Å². The molecule has 3 aromatic heterocycles. The number of carboxylic acids is 1. The zero-order chi connectivity index (χ0) is 22.9. The zero-order valence-electron chi connectivity index (χ0n) is 18.7. The quantitative estimate of drug-likeness (QED) is 0.489. The molecule has 0 spiro atoms. The van der Waals surface area contributed by atoms with Gasteiger partial charge in [-0.25, -0.2) is 24.7 Å². The van der Waals surface area contributed by atoms with Gasteiger partial charge in [0.25, 0.3) is 0 Å². The van der Waals surface area contributed by atoms with Crippen molar-refractivity contribution in [2.45, 2.75) is 64.5 Å². The molecule has 0 amide bonds. The van der Waals surface area contributed by atoms with Gasteiger partial charge in [0.2, 0.25) is 5.82 Å². The minimum atomic E-state index is -1.16. The largest absolute Gasteiger partial charge is 0.475 e. The Balaban J connectivity index is 1.59. The van der Waals surface area contributed by atoms with Crippen LogP contribution in [-0.2, 0) is 6.54 Å². The first-order chi connectivity index (χ1) is 16.0. The molecule has 2 saturated carbocycles. The maximum absolute atomic E-state index is 11.8. The highest BCUT2D eigenvalue weighted by molar-refractivity contribution is 7.13. The van der Waals surface area contributed by atoms with Crippen LogP contribution in [0.4, 0.5) is 5.82 Å². The Labute approximate surface area is 196 Å². The number of terminal acetylenes is 1. The predicted molar refractivity (Wildman–Crippen MR) is 128 cm³/mol. The smallest absolute Gasteiger partial charge is 0.374 e. The fraction of sp³-hybridized carbons (Fsp3) is 0.542. The van der Waals surface area contributed by atoms with Gasteiger partial charge in [0.05, 0.1) is 0 Å². The zero-order valence-corrected chi connectivity index (χ0v) is 19.5. The van der Waals surface area contributed by atoms with E-state index in [1.807, 2.05) is 5.38 Å². The normalized spacial score (nSPS) is 21.9. The van der Waals surface area contributed by atoms with Gasteiger partial charge in [0.1, 0.15) is 5.52 Å². The fourth-order valence-corrected chi connectivity index (χ4v) is 5.58. The van der Waals surface area contributed by atoms with Crippen molar-refractivity contribution in [3.63, 3.8) is 0 Å².